The molecule has 0 atom stereocenters. The number of pyridine rings is 1. The van der Waals surface area contributed by atoms with E-state index in [-0.39, 0.29) is 0 Å². The Morgan fingerprint density at radius 1 is 1.33 bits per heavy atom. The smallest absolute Gasteiger partial charge is 0.142 e. The molecule has 0 radical (unpaired) electrons. The van der Waals surface area contributed by atoms with Crippen LogP contribution in [-0.2, 0) is 13.1 Å². The molecule has 0 aliphatic carbocycles. The highest BCUT2D eigenvalue weighted by atomic mass is 32.1. The molecular weight excluding hydrogens is 282 g/mol. The summed E-state index contributed by atoms with van der Waals surface area (Å²) in [5.41, 5.74) is 3.17. The Kier molecular flexibility index (Phi) is 4.37. The first kappa shape index (κ1) is 13.9. The van der Waals surface area contributed by atoms with Gasteiger partial charge in [0.15, 0.2) is 0 Å². The zero-order valence-corrected chi connectivity index (χ0v) is 12.7. The predicted molar refractivity (Wildman–Crippen MR) is 84.0 cm³/mol. The van der Waals surface area contributed by atoms with Gasteiger partial charge in [0.1, 0.15) is 5.01 Å². The van der Waals surface area contributed by atoms with Gasteiger partial charge in [-0.2, -0.15) is 5.10 Å². The van der Waals surface area contributed by atoms with Gasteiger partial charge in [-0.25, -0.2) is 4.98 Å². The first-order valence-electron chi connectivity index (χ1n) is 6.87. The summed E-state index contributed by atoms with van der Waals surface area (Å²) in [6.07, 6.45) is 5.71. The van der Waals surface area contributed by atoms with E-state index in [0.29, 0.717) is 0 Å². The van der Waals surface area contributed by atoms with Crippen LogP contribution in [0.15, 0.2) is 42.2 Å². The molecule has 0 spiro atoms. The van der Waals surface area contributed by atoms with E-state index in [0.717, 1.165) is 36.0 Å². The van der Waals surface area contributed by atoms with Crippen molar-refractivity contribution in [2.75, 3.05) is 6.54 Å². The fourth-order valence-corrected chi connectivity index (χ4v) is 2.79. The quantitative estimate of drug-likeness (QED) is 0.711. The zero-order valence-electron chi connectivity index (χ0n) is 11.9. The van der Waals surface area contributed by atoms with Gasteiger partial charge in [-0.15, -0.1) is 11.3 Å². The molecule has 0 aromatic carbocycles. The minimum atomic E-state index is 0.767. The highest BCUT2D eigenvalue weighted by Gasteiger charge is 2.05. The van der Waals surface area contributed by atoms with E-state index in [2.05, 4.69) is 25.8 Å². The molecule has 6 heteroatoms. The molecule has 5 nitrogen and oxygen atoms in total. The molecule has 0 bridgehead atoms. The second-order valence-corrected chi connectivity index (χ2v) is 5.67. The Labute approximate surface area is 127 Å². The van der Waals surface area contributed by atoms with Crippen LogP contribution < -0.4 is 5.32 Å². The lowest BCUT2D eigenvalue weighted by atomic mass is 10.3. The third-order valence-corrected chi connectivity index (χ3v) is 3.94. The third-order valence-electron chi connectivity index (χ3n) is 3.02. The summed E-state index contributed by atoms with van der Waals surface area (Å²) in [5, 5.41) is 10.7. The lowest BCUT2D eigenvalue weighted by Gasteiger charge is -2.03. The fraction of sp³-hybridized carbons (Fsp3) is 0.267. The van der Waals surface area contributed by atoms with E-state index in [1.165, 1.54) is 5.56 Å². The molecule has 3 aromatic rings. The number of aryl methyl sites for hydroxylation is 1. The van der Waals surface area contributed by atoms with E-state index in [9.17, 15) is 0 Å². The second-order valence-electron chi connectivity index (χ2n) is 4.82. The highest BCUT2D eigenvalue weighted by molar-refractivity contribution is 7.13. The van der Waals surface area contributed by atoms with Crippen molar-refractivity contribution in [3.8, 4) is 10.7 Å². The summed E-state index contributed by atoms with van der Waals surface area (Å²) >= 11 is 1.63. The molecule has 0 aliphatic heterocycles. The fourth-order valence-electron chi connectivity index (χ4n) is 1.99. The monoisotopic (exact) mass is 299 g/mol. The molecule has 0 saturated heterocycles. The molecule has 3 aromatic heterocycles. The lowest BCUT2D eigenvalue weighted by Crippen LogP contribution is -2.19. The highest BCUT2D eigenvalue weighted by Crippen LogP contribution is 2.20. The van der Waals surface area contributed by atoms with Gasteiger partial charge in [-0.05, 0) is 24.6 Å². The molecule has 0 amide bonds. The predicted octanol–water partition coefficient (Wildman–Crippen LogP) is 2.50. The van der Waals surface area contributed by atoms with Gasteiger partial charge in [-0.3, -0.25) is 9.67 Å². The molecule has 0 fully saturated rings. The summed E-state index contributed by atoms with van der Waals surface area (Å²) in [7, 11) is 0. The topological polar surface area (TPSA) is 55.6 Å². The van der Waals surface area contributed by atoms with Crippen LogP contribution in [0.4, 0.5) is 0 Å². The second kappa shape index (κ2) is 6.60. The minimum Gasteiger partial charge on any atom is -0.309 e. The van der Waals surface area contributed by atoms with Crippen LogP contribution in [0.1, 0.15) is 11.3 Å². The summed E-state index contributed by atoms with van der Waals surface area (Å²) in [6, 6.07) is 5.88. The van der Waals surface area contributed by atoms with Gasteiger partial charge in [0.05, 0.1) is 24.1 Å². The maximum Gasteiger partial charge on any atom is 0.142 e. The summed E-state index contributed by atoms with van der Waals surface area (Å²) in [6.45, 7) is 4.55. The molecule has 0 unspecified atom stereocenters. The maximum atomic E-state index is 4.60. The van der Waals surface area contributed by atoms with Crippen molar-refractivity contribution in [3.63, 3.8) is 0 Å². The van der Waals surface area contributed by atoms with E-state index < -0.39 is 0 Å². The van der Waals surface area contributed by atoms with E-state index in [1.54, 1.807) is 17.5 Å². The molecule has 3 heterocycles. The average molecular weight is 299 g/mol. The van der Waals surface area contributed by atoms with Gasteiger partial charge in [0.2, 0.25) is 0 Å². The summed E-state index contributed by atoms with van der Waals surface area (Å²) < 4.78 is 1.95. The normalized spacial score (nSPS) is 10.9. The molecular formula is C15H17N5S. The largest absolute Gasteiger partial charge is 0.309 e. The SMILES string of the molecule is Cc1cnn(CCNCc2csc(-c3ccccn3)n2)c1. The van der Waals surface area contributed by atoms with E-state index in [4.69, 9.17) is 0 Å². The summed E-state index contributed by atoms with van der Waals surface area (Å²) in [4.78, 5) is 8.92. The zero-order chi connectivity index (χ0) is 14.5. The van der Waals surface area contributed by atoms with Gasteiger partial charge in [0.25, 0.3) is 0 Å². The van der Waals surface area contributed by atoms with Crippen LogP contribution in [0.3, 0.4) is 0 Å². The van der Waals surface area contributed by atoms with Gasteiger partial charge < -0.3 is 5.32 Å². The maximum absolute atomic E-state index is 4.60. The van der Waals surface area contributed by atoms with Crippen molar-refractivity contribution >= 4 is 11.3 Å². The van der Waals surface area contributed by atoms with Crippen molar-refractivity contribution in [2.24, 2.45) is 0 Å². The lowest BCUT2D eigenvalue weighted by molar-refractivity contribution is 0.552. The number of aromatic nitrogens is 4. The molecule has 108 valence electrons. The Hall–Kier alpha value is -2.05. The Morgan fingerprint density at radius 2 is 2.29 bits per heavy atom. The minimum absolute atomic E-state index is 0.767. The van der Waals surface area contributed by atoms with Crippen LogP contribution in [0.2, 0.25) is 0 Å². The molecule has 0 aliphatic rings. The number of nitrogens with zero attached hydrogens (tertiary/aromatic N) is 4. The van der Waals surface area contributed by atoms with Crippen molar-refractivity contribution < 1.29 is 0 Å². The Balaban J connectivity index is 1.49. The van der Waals surface area contributed by atoms with Crippen molar-refractivity contribution in [3.05, 3.63) is 53.4 Å². The van der Waals surface area contributed by atoms with Crippen molar-refractivity contribution in [2.45, 2.75) is 20.0 Å². The van der Waals surface area contributed by atoms with Gasteiger partial charge >= 0.3 is 0 Å². The average Bonchev–Trinajstić information content (AvgIpc) is 3.14. The standard InChI is InChI=1S/C15H17N5S/c1-12-8-18-20(10-12)7-6-16-9-13-11-21-15(19-13)14-4-2-3-5-17-14/h2-5,8,10-11,16H,6-7,9H2,1H3. The number of nitrogens with one attached hydrogen (secondary N) is 1. The van der Waals surface area contributed by atoms with Crippen LogP contribution in [-0.4, -0.2) is 26.3 Å². The van der Waals surface area contributed by atoms with Crippen molar-refractivity contribution in [1.82, 2.24) is 25.1 Å². The Morgan fingerprint density at radius 3 is 3.05 bits per heavy atom. The van der Waals surface area contributed by atoms with Gasteiger partial charge in [0, 0.05) is 30.9 Å². The first-order valence-corrected chi connectivity index (χ1v) is 7.75. The molecule has 3 rings (SSSR count). The van der Waals surface area contributed by atoms with Crippen LogP contribution in [0.5, 0.6) is 0 Å². The van der Waals surface area contributed by atoms with E-state index >= 15 is 0 Å². The number of hydrogen-bond acceptors (Lipinski definition) is 5. The Bertz CT molecular complexity index is 689. The number of rotatable bonds is 6. The van der Waals surface area contributed by atoms with Gasteiger partial charge in [-0.1, -0.05) is 6.07 Å². The number of hydrogen-bond donors (Lipinski definition) is 1. The number of thiazole rings is 1. The van der Waals surface area contributed by atoms with Crippen molar-refractivity contribution in [1.29, 1.82) is 0 Å². The molecule has 0 saturated carbocycles. The van der Waals surface area contributed by atoms with Crippen LogP contribution in [0.25, 0.3) is 10.7 Å². The first-order chi connectivity index (χ1) is 10.3. The molecule has 21 heavy (non-hydrogen) atoms. The summed E-state index contributed by atoms with van der Waals surface area (Å²) in [5.74, 6) is 0. The third kappa shape index (κ3) is 3.74. The molecule has 1 N–H and O–H groups in total. The van der Waals surface area contributed by atoms with Crippen LogP contribution in [0, 0.1) is 6.92 Å². The van der Waals surface area contributed by atoms with E-state index in [1.807, 2.05) is 42.2 Å². The van der Waals surface area contributed by atoms with Crippen LogP contribution >= 0.6 is 11.3 Å².